The van der Waals surface area contributed by atoms with Gasteiger partial charge in [-0.3, -0.25) is 4.79 Å². The second kappa shape index (κ2) is 10.0. The zero-order valence-corrected chi connectivity index (χ0v) is 15.4. The number of nitrogens with one attached hydrogen (secondary N) is 2. The zero-order valence-electron chi connectivity index (χ0n) is 15.4. The molecule has 2 N–H and O–H groups in total. The van der Waals surface area contributed by atoms with Crippen molar-refractivity contribution in [2.24, 2.45) is 0 Å². The monoisotopic (exact) mass is 346 g/mol. The van der Waals surface area contributed by atoms with Gasteiger partial charge in [0, 0.05) is 37.4 Å². The van der Waals surface area contributed by atoms with Crippen molar-refractivity contribution in [3.63, 3.8) is 0 Å². The maximum absolute atomic E-state index is 12.5. The van der Waals surface area contributed by atoms with E-state index in [4.69, 9.17) is 0 Å². The third-order valence-corrected chi connectivity index (χ3v) is 4.62. The van der Waals surface area contributed by atoms with Gasteiger partial charge in [-0.1, -0.05) is 19.9 Å². The van der Waals surface area contributed by atoms with E-state index in [1.54, 1.807) is 18.2 Å². The highest BCUT2D eigenvalue weighted by Gasteiger charge is 2.18. The summed E-state index contributed by atoms with van der Waals surface area (Å²) in [6, 6.07) is 6.93. The van der Waals surface area contributed by atoms with Crippen LogP contribution in [-0.2, 0) is 0 Å². The van der Waals surface area contributed by atoms with Gasteiger partial charge in [-0.15, -0.1) is 0 Å². The molecule has 3 amide bonds. The smallest absolute Gasteiger partial charge is 0.319 e. The number of amides is 3. The van der Waals surface area contributed by atoms with Crippen molar-refractivity contribution in [3.05, 3.63) is 29.8 Å². The molecule has 1 aromatic carbocycles. The molecule has 138 valence electrons. The molecule has 0 atom stereocenters. The van der Waals surface area contributed by atoms with E-state index < -0.39 is 0 Å². The van der Waals surface area contributed by atoms with Crippen molar-refractivity contribution in [2.75, 3.05) is 44.6 Å². The second-order valence-electron chi connectivity index (χ2n) is 6.34. The minimum Gasteiger partial charge on any atom is -0.339 e. The van der Waals surface area contributed by atoms with Gasteiger partial charge in [0.25, 0.3) is 5.91 Å². The van der Waals surface area contributed by atoms with E-state index in [0.717, 1.165) is 45.6 Å². The van der Waals surface area contributed by atoms with Gasteiger partial charge in [0.15, 0.2) is 0 Å². The van der Waals surface area contributed by atoms with Crippen molar-refractivity contribution in [2.45, 2.75) is 33.1 Å². The fraction of sp³-hybridized carbons (Fsp3) is 0.579. The predicted molar refractivity (Wildman–Crippen MR) is 101 cm³/mol. The van der Waals surface area contributed by atoms with E-state index in [1.807, 2.05) is 11.0 Å². The van der Waals surface area contributed by atoms with Crippen LogP contribution < -0.4 is 10.6 Å². The lowest BCUT2D eigenvalue weighted by atomic mass is 10.1. The van der Waals surface area contributed by atoms with Crippen LogP contribution in [0, 0.1) is 0 Å². The van der Waals surface area contributed by atoms with Gasteiger partial charge >= 0.3 is 6.03 Å². The van der Waals surface area contributed by atoms with E-state index >= 15 is 0 Å². The number of carbonyl (C=O) groups is 2. The van der Waals surface area contributed by atoms with Crippen LogP contribution >= 0.6 is 0 Å². The van der Waals surface area contributed by atoms with Crippen molar-refractivity contribution < 1.29 is 9.59 Å². The summed E-state index contributed by atoms with van der Waals surface area (Å²) < 4.78 is 0. The molecule has 0 aliphatic carbocycles. The molecular weight excluding hydrogens is 316 g/mol. The number of hydrogen-bond donors (Lipinski definition) is 2. The molecule has 1 aliphatic rings. The molecule has 1 aliphatic heterocycles. The Balaban J connectivity index is 1.85. The molecule has 0 aromatic heterocycles. The van der Waals surface area contributed by atoms with Crippen LogP contribution in [0.3, 0.4) is 0 Å². The lowest BCUT2D eigenvalue weighted by Crippen LogP contribution is -2.37. The number of benzene rings is 1. The minimum absolute atomic E-state index is 0.0466. The van der Waals surface area contributed by atoms with Crippen LogP contribution in [0.15, 0.2) is 24.3 Å². The number of likely N-dealkylation sites (tertiary alicyclic amines) is 1. The number of anilines is 1. The average molecular weight is 346 g/mol. The van der Waals surface area contributed by atoms with Gasteiger partial charge in [-0.2, -0.15) is 0 Å². The first-order chi connectivity index (χ1) is 12.1. The molecule has 0 bridgehead atoms. The fourth-order valence-corrected chi connectivity index (χ4v) is 3.05. The van der Waals surface area contributed by atoms with Gasteiger partial charge in [0.2, 0.25) is 0 Å². The summed E-state index contributed by atoms with van der Waals surface area (Å²) in [6.45, 7) is 9.22. The Morgan fingerprint density at radius 1 is 1.12 bits per heavy atom. The van der Waals surface area contributed by atoms with E-state index in [0.29, 0.717) is 17.8 Å². The van der Waals surface area contributed by atoms with Gasteiger partial charge in [0.1, 0.15) is 0 Å². The molecule has 1 fully saturated rings. The van der Waals surface area contributed by atoms with Crippen molar-refractivity contribution in [1.29, 1.82) is 0 Å². The van der Waals surface area contributed by atoms with Crippen LogP contribution in [0.2, 0.25) is 0 Å². The molecule has 1 aromatic rings. The van der Waals surface area contributed by atoms with E-state index in [-0.39, 0.29) is 11.9 Å². The van der Waals surface area contributed by atoms with Crippen LogP contribution in [0.25, 0.3) is 0 Å². The lowest BCUT2D eigenvalue weighted by molar-refractivity contribution is 0.0724. The maximum atomic E-state index is 12.5. The molecule has 2 rings (SSSR count). The molecule has 25 heavy (non-hydrogen) atoms. The Bertz CT molecular complexity index is 566. The number of hydrogen-bond acceptors (Lipinski definition) is 3. The Morgan fingerprint density at radius 2 is 1.84 bits per heavy atom. The zero-order chi connectivity index (χ0) is 18.1. The summed E-state index contributed by atoms with van der Waals surface area (Å²) in [4.78, 5) is 28.7. The first-order valence-corrected chi connectivity index (χ1v) is 9.30. The number of carbonyl (C=O) groups excluding carboxylic acids is 2. The summed E-state index contributed by atoms with van der Waals surface area (Å²) in [5, 5.41) is 5.67. The molecular formula is C19H30N4O2. The van der Waals surface area contributed by atoms with Crippen LogP contribution in [0.4, 0.5) is 10.5 Å². The van der Waals surface area contributed by atoms with E-state index in [2.05, 4.69) is 29.4 Å². The minimum atomic E-state index is -0.241. The molecule has 6 nitrogen and oxygen atoms in total. The topological polar surface area (TPSA) is 64.7 Å². The normalized spacial score (nSPS) is 14.4. The number of rotatable bonds is 7. The molecule has 0 radical (unpaired) electrons. The quantitative estimate of drug-likeness (QED) is 0.798. The average Bonchev–Trinajstić information content (AvgIpc) is 2.65. The standard InChI is InChI=1S/C19H30N4O2/c1-3-22(4-2)14-11-20-19(25)21-17-10-8-9-16(15-17)18(24)23-12-6-5-7-13-23/h8-10,15H,3-7,11-14H2,1-2H3,(H2,20,21,25). The number of likely N-dealkylation sites (N-methyl/N-ethyl adjacent to an activating group) is 1. The Labute approximate surface area is 150 Å². The highest BCUT2D eigenvalue weighted by molar-refractivity contribution is 5.97. The third kappa shape index (κ3) is 6.05. The van der Waals surface area contributed by atoms with Gasteiger partial charge < -0.3 is 20.4 Å². The Morgan fingerprint density at radius 3 is 2.52 bits per heavy atom. The molecule has 6 heteroatoms. The van der Waals surface area contributed by atoms with E-state index in [9.17, 15) is 9.59 Å². The fourth-order valence-electron chi connectivity index (χ4n) is 3.05. The van der Waals surface area contributed by atoms with E-state index in [1.165, 1.54) is 6.42 Å². The lowest BCUT2D eigenvalue weighted by Gasteiger charge is -2.26. The summed E-state index contributed by atoms with van der Waals surface area (Å²) >= 11 is 0. The highest BCUT2D eigenvalue weighted by atomic mass is 16.2. The Kier molecular flexibility index (Phi) is 7.73. The largest absolute Gasteiger partial charge is 0.339 e. The molecule has 0 spiro atoms. The predicted octanol–water partition coefficient (Wildman–Crippen LogP) is 2.78. The molecule has 1 heterocycles. The molecule has 1 saturated heterocycles. The second-order valence-corrected chi connectivity index (χ2v) is 6.34. The van der Waals surface area contributed by atoms with Crippen LogP contribution in [-0.4, -0.2) is 61.0 Å². The van der Waals surface area contributed by atoms with Crippen molar-refractivity contribution in [3.8, 4) is 0 Å². The summed E-state index contributed by atoms with van der Waals surface area (Å²) in [7, 11) is 0. The first kappa shape index (κ1) is 19.2. The van der Waals surface area contributed by atoms with Gasteiger partial charge in [-0.05, 0) is 50.6 Å². The van der Waals surface area contributed by atoms with Gasteiger partial charge in [0.05, 0.1) is 0 Å². The number of nitrogens with zero attached hydrogens (tertiary/aromatic N) is 2. The number of piperidine rings is 1. The molecule has 0 unspecified atom stereocenters. The maximum Gasteiger partial charge on any atom is 0.319 e. The summed E-state index contributed by atoms with van der Waals surface area (Å²) in [6.07, 6.45) is 3.33. The SMILES string of the molecule is CCN(CC)CCNC(=O)Nc1cccc(C(=O)N2CCCCC2)c1. The first-order valence-electron chi connectivity index (χ1n) is 9.30. The molecule has 0 saturated carbocycles. The number of urea groups is 1. The Hall–Kier alpha value is -2.08. The highest BCUT2D eigenvalue weighted by Crippen LogP contribution is 2.16. The third-order valence-electron chi connectivity index (χ3n) is 4.62. The van der Waals surface area contributed by atoms with Gasteiger partial charge in [-0.25, -0.2) is 4.79 Å². The van der Waals surface area contributed by atoms with Crippen LogP contribution in [0.5, 0.6) is 0 Å². The van der Waals surface area contributed by atoms with Crippen molar-refractivity contribution >= 4 is 17.6 Å². The summed E-state index contributed by atoms with van der Waals surface area (Å²) in [5.41, 5.74) is 1.27. The summed E-state index contributed by atoms with van der Waals surface area (Å²) in [5.74, 6) is 0.0466. The van der Waals surface area contributed by atoms with Crippen molar-refractivity contribution in [1.82, 2.24) is 15.1 Å². The van der Waals surface area contributed by atoms with Crippen LogP contribution in [0.1, 0.15) is 43.5 Å².